The fourth-order valence-electron chi connectivity index (χ4n) is 2.98. The maximum Gasteiger partial charge on any atom is 0.191 e. The summed E-state index contributed by atoms with van der Waals surface area (Å²) in [6.07, 6.45) is 4.25. The van der Waals surface area contributed by atoms with Gasteiger partial charge in [0.05, 0.1) is 0 Å². The molecule has 2 N–H and O–H groups in total. The minimum absolute atomic E-state index is 0.490. The van der Waals surface area contributed by atoms with Gasteiger partial charge in [-0.05, 0) is 38.3 Å². The van der Waals surface area contributed by atoms with E-state index in [0.717, 1.165) is 69.7 Å². The zero-order valence-electron chi connectivity index (χ0n) is 19.6. The van der Waals surface area contributed by atoms with Gasteiger partial charge >= 0.3 is 0 Å². The number of nitrogens with zero attached hydrogens (tertiary/aromatic N) is 5. The van der Waals surface area contributed by atoms with Crippen LogP contribution in [0.4, 0.5) is 5.69 Å². The summed E-state index contributed by atoms with van der Waals surface area (Å²) in [5, 5.41) is 15.2. The lowest BCUT2D eigenvalue weighted by atomic mass is 10.3. The van der Waals surface area contributed by atoms with E-state index in [9.17, 15) is 0 Å². The van der Waals surface area contributed by atoms with E-state index in [-0.39, 0.29) is 0 Å². The summed E-state index contributed by atoms with van der Waals surface area (Å²) in [4.78, 5) is 6.97. The summed E-state index contributed by atoms with van der Waals surface area (Å²) in [5.74, 6) is 2.54. The van der Waals surface area contributed by atoms with Crippen LogP contribution in [0.3, 0.4) is 0 Å². The SMILES string of the molecule is CCCCOCCCNC(=NCc1nnc(C)n1C)NCCCN(C)c1ccccc1. The molecule has 0 saturated heterocycles. The molecule has 0 bridgehead atoms. The van der Waals surface area contributed by atoms with Crippen LogP contribution in [0.15, 0.2) is 35.3 Å². The molecular formula is C23H39N7O. The Kier molecular flexibility index (Phi) is 11.5. The molecule has 31 heavy (non-hydrogen) atoms. The molecule has 0 fully saturated rings. The molecule has 8 nitrogen and oxygen atoms in total. The molecule has 0 amide bonds. The Labute approximate surface area is 187 Å². The Morgan fingerprint density at radius 1 is 1.06 bits per heavy atom. The first-order chi connectivity index (χ1) is 15.1. The van der Waals surface area contributed by atoms with Crippen LogP contribution >= 0.6 is 0 Å². The van der Waals surface area contributed by atoms with Gasteiger partial charge in [-0.25, -0.2) is 4.99 Å². The molecule has 172 valence electrons. The smallest absolute Gasteiger partial charge is 0.191 e. The number of aryl methyl sites for hydroxylation is 1. The first-order valence-electron chi connectivity index (χ1n) is 11.3. The first kappa shape index (κ1) is 24.7. The highest BCUT2D eigenvalue weighted by atomic mass is 16.5. The van der Waals surface area contributed by atoms with Gasteiger partial charge in [-0.1, -0.05) is 31.5 Å². The van der Waals surface area contributed by atoms with E-state index >= 15 is 0 Å². The molecule has 0 unspecified atom stereocenters. The van der Waals surface area contributed by atoms with Crippen molar-refractivity contribution in [3.05, 3.63) is 42.0 Å². The molecule has 1 heterocycles. The van der Waals surface area contributed by atoms with Gasteiger partial charge in [0.15, 0.2) is 11.8 Å². The second-order valence-electron chi connectivity index (χ2n) is 7.67. The van der Waals surface area contributed by atoms with E-state index in [1.807, 2.05) is 24.6 Å². The Hall–Kier alpha value is -2.61. The number of para-hydroxylation sites is 1. The largest absolute Gasteiger partial charge is 0.381 e. The second kappa shape index (κ2) is 14.4. The molecule has 0 aliphatic heterocycles. The minimum Gasteiger partial charge on any atom is -0.381 e. The number of hydrogen-bond donors (Lipinski definition) is 2. The number of hydrogen-bond acceptors (Lipinski definition) is 5. The summed E-state index contributed by atoms with van der Waals surface area (Å²) in [7, 11) is 4.09. The number of unbranched alkanes of at least 4 members (excludes halogenated alkanes) is 1. The number of rotatable bonds is 14. The van der Waals surface area contributed by atoms with Crippen molar-refractivity contribution >= 4 is 11.6 Å². The number of ether oxygens (including phenoxy) is 1. The van der Waals surface area contributed by atoms with Crippen LogP contribution in [0.25, 0.3) is 0 Å². The van der Waals surface area contributed by atoms with Gasteiger partial charge in [0.25, 0.3) is 0 Å². The third-order valence-electron chi connectivity index (χ3n) is 5.12. The molecule has 0 aliphatic carbocycles. The normalized spacial score (nSPS) is 11.5. The van der Waals surface area contributed by atoms with Crippen LogP contribution in [0.1, 0.15) is 44.3 Å². The van der Waals surface area contributed by atoms with Gasteiger partial charge in [-0.3, -0.25) is 0 Å². The van der Waals surface area contributed by atoms with Crippen molar-refractivity contribution < 1.29 is 4.74 Å². The summed E-state index contributed by atoms with van der Waals surface area (Å²) in [5.41, 5.74) is 1.23. The van der Waals surface area contributed by atoms with Gasteiger partial charge in [0, 0.05) is 52.6 Å². The molecule has 0 spiro atoms. The predicted octanol–water partition coefficient (Wildman–Crippen LogP) is 2.89. The Bertz CT molecular complexity index is 761. The molecule has 0 aliphatic rings. The average Bonchev–Trinajstić information content (AvgIpc) is 3.11. The fourth-order valence-corrected chi connectivity index (χ4v) is 2.98. The van der Waals surface area contributed by atoms with Crippen LogP contribution < -0.4 is 15.5 Å². The van der Waals surface area contributed by atoms with E-state index in [1.165, 1.54) is 12.1 Å². The number of aromatic nitrogens is 3. The van der Waals surface area contributed by atoms with Gasteiger partial charge < -0.3 is 24.8 Å². The van der Waals surface area contributed by atoms with E-state index in [2.05, 4.69) is 64.0 Å². The Morgan fingerprint density at radius 3 is 2.45 bits per heavy atom. The molecule has 1 aromatic heterocycles. The second-order valence-corrected chi connectivity index (χ2v) is 7.67. The molecule has 1 aromatic carbocycles. The third kappa shape index (κ3) is 9.38. The van der Waals surface area contributed by atoms with Crippen LogP contribution in [0.2, 0.25) is 0 Å². The van der Waals surface area contributed by atoms with E-state index in [4.69, 9.17) is 9.73 Å². The zero-order chi connectivity index (χ0) is 22.3. The van der Waals surface area contributed by atoms with Crippen LogP contribution in [-0.4, -0.2) is 60.6 Å². The van der Waals surface area contributed by atoms with E-state index < -0.39 is 0 Å². The van der Waals surface area contributed by atoms with Gasteiger partial charge in [-0.2, -0.15) is 0 Å². The highest BCUT2D eigenvalue weighted by Crippen LogP contribution is 2.10. The summed E-state index contributed by atoms with van der Waals surface area (Å²) >= 11 is 0. The first-order valence-corrected chi connectivity index (χ1v) is 11.3. The summed E-state index contributed by atoms with van der Waals surface area (Å²) in [6, 6.07) is 10.4. The van der Waals surface area contributed by atoms with Crippen molar-refractivity contribution in [2.24, 2.45) is 12.0 Å². The van der Waals surface area contributed by atoms with Crippen molar-refractivity contribution in [3.63, 3.8) is 0 Å². The standard InChI is InChI=1S/C23H39N7O/c1-5-6-17-31-18-11-15-25-23(26-19-22-28-27-20(2)30(22)4)24-14-10-16-29(3)21-12-8-7-9-13-21/h7-9,12-13H,5-6,10-11,14-19H2,1-4H3,(H2,24,25,26). The molecular weight excluding hydrogens is 390 g/mol. The maximum absolute atomic E-state index is 5.64. The lowest BCUT2D eigenvalue weighted by Gasteiger charge is -2.19. The average molecular weight is 430 g/mol. The quantitative estimate of drug-likeness (QED) is 0.273. The van der Waals surface area contributed by atoms with Crippen LogP contribution in [-0.2, 0) is 18.3 Å². The number of nitrogens with one attached hydrogen (secondary N) is 2. The third-order valence-corrected chi connectivity index (χ3v) is 5.12. The Morgan fingerprint density at radius 2 is 1.77 bits per heavy atom. The highest BCUT2D eigenvalue weighted by molar-refractivity contribution is 5.79. The molecule has 8 heteroatoms. The van der Waals surface area contributed by atoms with Gasteiger partial charge in [0.1, 0.15) is 12.4 Å². The van der Waals surface area contributed by atoms with Crippen molar-refractivity contribution in [2.45, 2.75) is 46.1 Å². The van der Waals surface area contributed by atoms with E-state index in [1.54, 1.807) is 0 Å². The number of guanidine groups is 1. The van der Waals surface area contributed by atoms with Crippen molar-refractivity contribution in [2.75, 3.05) is 44.8 Å². The van der Waals surface area contributed by atoms with Crippen molar-refractivity contribution in [1.82, 2.24) is 25.4 Å². The Balaban J connectivity index is 1.78. The number of benzene rings is 1. The fraction of sp³-hybridized carbons (Fsp3) is 0.609. The minimum atomic E-state index is 0.490. The van der Waals surface area contributed by atoms with E-state index in [0.29, 0.717) is 6.54 Å². The molecule has 2 aromatic rings. The lowest BCUT2D eigenvalue weighted by Crippen LogP contribution is -2.39. The van der Waals surface area contributed by atoms with Crippen molar-refractivity contribution in [3.8, 4) is 0 Å². The van der Waals surface area contributed by atoms with Gasteiger partial charge in [-0.15, -0.1) is 10.2 Å². The van der Waals surface area contributed by atoms with Crippen molar-refractivity contribution in [1.29, 1.82) is 0 Å². The number of anilines is 1. The predicted molar refractivity (Wildman–Crippen MR) is 128 cm³/mol. The monoisotopic (exact) mass is 429 g/mol. The molecule has 2 rings (SSSR count). The topological polar surface area (TPSA) is 79.6 Å². The maximum atomic E-state index is 5.64. The number of aliphatic imine (C=N–C) groups is 1. The molecule has 0 saturated carbocycles. The molecule has 0 radical (unpaired) electrons. The lowest BCUT2D eigenvalue weighted by molar-refractivity contribution is 0.129. The van der Waals surface area contributed by atoms with Gasteiger partial charge in [0.2, 0.25) is 0 Å². The highest BCUT2D eigenvalue weighted by Gasteiger charge is 2.06. The van der Waals surface area contributed by atoms with Crippen LogP contribution in [0, 0.1) is 6.92 Å². The summed E-state index contributed by atoms with van der Waals surface area (Å²) < 4.78 is 7.61. The summed E-state index contributed by atoms with van der Waals surface area (Å²) in [6.45, 7) is 8.85. The zero-order valence-corrected chi connectivity index (χ0v) is 19.6. The molecule has 0 atom stereocenters. The van der Waals surface area contributed by atoms with Crippen LogP contribution in [0.5, 0.6) is 0 Å².